The number of nitrogens with one attached hydrogen (secondary N) is 1. The molecule has 6 aromatic carbocycles. The van der Waals surface area contributed by atoms with Crippen LogP contribution in [0.4, 0.5) is 5.69 Å². The van der Waals surface area contributed by atoms with E-state index < -0.39 is 0 Å². The minimum Gasteiger partial charge on any atom is -0.384 e. The maximum Gasteiger partial charge on any atom is 0.0426 e. The molecule has 0 bridgehead atoms. The first-order valence-electron chi connectivity index (χ1n) is 14.9. The average molecular weight is 540 g/mol. The molecule has 0 aromatic heterocycles. The molecule has 0 radical (unpaired) electrons. The summed E-state index contributed by atoms with van der Waals surface area (Å²) in [6.45, 7) is 10.1. The van der Waals surface area contributed by atoms with E-state index in [1.54, 1.807) is 0 Å². The second-order valence-electron chi connectivity index (χ2n) is 12.2. The Bertz CT molecular complexity index is 2110. The molecule has 1 heteroatoms. The molecule has 1 nitrogen and oxygen atoms in total. The van der Waals surface area contributed by atoms with Crippen molar-refractivity contribution in [1.82, 2.24) is 0 Å². The van der Waals surface area contributed by atoms with Crippen LogP contribution in [0.5, 0.6) is 0 Å². The second-order valence-corrected chi connectivity index (χ2v) is 12.2. The molecule has 8 rings (SSSR count). The molecular weight excluding hydrogens is 506 g/mol. The van der Waals surface area contributed by atoms with Gasteiger partial charge in [-0.2, -0.15) is 0 Å². The zero-order valence-electron chi connectivity index (χ0n) is 24.2. The topological polar surface area (TPSA) is 12.0 Å². The number of benzene rings is 6. The predicted molar refractivity (Wildman–Crippen MR) is 181 cm³/mol. The third kappa shape index (κ3) is 3.63. The summed E-state index contributed by atoms with van der Waals surface area (Å²) < 4.78 is 0. The Morgan fingerprint density at radius 3 is 2.14 bits per heavy atom. The van der Waals surface area contributed by atoms with Crippen LogP contribution >= 0.6 is 0 Å². The van der Waals surface area contributed by atoms with Crippen LogP contribution in [0.1, 0.15) is 37.0 Å². The molecule has 1 aliphatic carbocycles. The average Bonchev–Trinajstić information content (AvgIpc) is 3.26. The van der Waals surface area contributed by atoms with Crippen molar-refractivity contribution in [2.45, 2.75) is 25.7 Å². The van der Waals surface area contributed by atoms with E-state index in [0.717, 1.165) is 24.2 Å². The first-order chi connectivity index (χ1) is 20.5. The predicted octanol–water partition coefficient (Wildman–Crippen LogP) is 11.0. The van der Waals surface area contributed by atoms with Gasteiger partial charge in [-0.3, -0.25) is 0 Å². The maximum absolute atomic E-state index is 4.42. The summed E-state index contributed by atoms with van der Waals surface area (Å²) in [4.78, 5) is 0. The number of hydrogen-bond acceptors (Lipinski definition) is 1. The molecule has 0 saturated heterocycles. The molecule has 0 atom stereocenters. The van der Waals surface area contributed by atoms with E-state index in [-0.39, 0.29) is 5.41 Å². The summed E-state index contributed by atoms with van der Waals surface area (Å²) in [5, 5.41) is 8.98. The van der Waals surface area contributed by atoms with E-state index >= 15 is 0 Å². The van der Waals surface area contributed by atoms with Crippen LogP contribution in [-0.4, -0.2) is 6.54 Å². The third-order valence-electron chi connectivity index (χ3n) is 9.36. The lowest BCUT2D eigenvalue weighted by atomic mass is 9.78. The Morgan fingerprint density at radius 2 is 1.31 bits per heavy atom. The Kier molecular flexibility index (Phi) is 5.52. The third-order valence-corrected chi connectivity index (χ3v) is 9.36. The lowest BCUT2D eigenvalue weighted by Crippen LogP contribution is -2.15. The Labute approximate surface area is 247 Å². The van der Waals surface area contributed by atoms with Crippen LogP contribution in [0.3, 0.4) is 0 Å². The lowest BCUT2D eigenvalue weighted by Gasteiger charge is -2.24. The van der Waals surface area contributed by atoms with Crippen molar-refractivity contribution >= 4 is 32.8 Å². The quantitative estimate of drug-likeness (QED) is 0.216. The van der Waals surface area contributed by atoms with E-state index in [1.807, 2.05) is 0 Å². The SMILES string of the molecule is C=C1/C=C\CCNc2cccc(-c3cccc(-c4ccc5c(c4)C(C)(C)c4c-5c5ccccc5c5ccccc45)c3)c21. The molecule has 0 spiro atoms. The number of rotatable bonds is 2. The number of hydrogen-bond donors (Lipinski definition) is 1. The summed E-state index contributed by atoms with van der Waals surface area (Å²) in [5.41, 5.74) is 13.8. The Hall–Kier alpha value is -4.88. The number of anilines is 1. The van der Waals surface area contributed by atoms with Gasteiger partial charge in [0, 0.05) is 23.2 Å². The molecule has 6 aromatic rings. The van der Waals surface area contributed by atoms with Crippen molar-refractivity contribution < 1.29 is 0 Å². The summed E-state index contributed by atoms with van der Waals surface area (Å²) in [7, 11) is 0. The number of allylic oxidation sites excluding steroid dienone is 2. The van der Waals surface area contributed by atoms with Crippen LogP contribution in [0.15, 0.2) is 128 Å². The van der Waals surface area contributed by atoms with Crippen LogP contribution < -0.4 is 5.32 Å². The van der Waals surface area contributed by atoms with E-state index in [1.165, 1.54) is 71.6 Å². The van der Waals surface area contributed by atoms with Gasteiger partial charge >= 0.3 is 0 Å². The minimum atomic E-state index is -0.118. The Morgan fingerprint density at radius 1 is 0.619 bits per heavy atom. The fourth-order valence-corrected chi connectivity index (χ4v) is 7.42. The maximum atomic E-state index is 4.42. The zero-order valence-corrected chi connectivity index (χ0v) is 24.2. The van der Waals surface area contributed by atoms with Gasteiger partial charge < -0.3 is 5.32 Å². The fourth-order valence-electron chi connectivity index (χ4n) is 7.42. The number of fused-ring (bicyclic) bond motifs is 9. The highest BCUT2D eigenvalue weighted by Crippen LogP contribution is 2.55. The van der Waals surface area contributed by atoms with Crippen molar-refractivity contribution in [3.63, 3.8) is 0 Å². The monoisotopic (exact) mass is 539 g/mol. The van der Waals surface area contributed by atoms with Crippen molar-refractivity contribution in [3.05, 3.63) is 145 Å². The van der Waals surface area contributed by atoms with Crippen molar-refractivity contribution in [2.24, 2.45) is 0 Å². The van der Waals surface area contributed by atoms with E-state index in [2.05, 4.69) is 147 Å². The Balaban J connectivity index is 1.29. The van der Waals surface area contributed by atoms with Gasteiger partial charge in [0.2, 0.25) is 0 Å². The van der Waals surface area contributed by atoms with Gasteiger partial charge in [0.15, 0.2) is 0 Å². The summed E-state index contributed by atoms with van der Waals surface area (Å²) in [6.07, 6.45) is 5.38. The van der Waals surface area contributed by atoms with E-state index in [9.17, 15) is 0 Å². The molecule has 202 valence electrons. The largest absolute Gasteiger partial charge is 0.384 e. The van der Waals surface area contributed by atoms with Gasteiger partial charge in [0.05, 0.1) is 0 Å². The molecule has 1 N–H and O–H groups in total. The van der Waals surface area contributed by atoms with E-state index in [0.29, 0.717) is 0 Å². The van der Waals surface area contributed by atoms with Crippen molar-refractivity contribution in [1.29, 1.82) is 0 Å². The molecule has 2 aliphatic rings. The van der Waals surface area contributed by atoms with Gasteiger partial charge in [-0.05, 0) is 96.2 Å². The summed E-state index contributed by atoms with van der Waals surface area (Å²) in [6, 6.07) is 40.5. The zero-order chi connectivity index (χ0) is 28.4. The van der Waals surface area contributed by atoms with Crippen LogP contribution in [0.25, 0.3) is 60.5 Å². The molecule has 0 unspecified atom stereocenters. The van der Waals surface area contributed by atoms with Gasteiger partial charge in [0.25, 0.3) is 0 Å². The second kappa shape index (κ2) is 9.33. The van der Waals surface area contributed by atoms with Gasteiger partial charge in [-0.1, -0.05) is 124 Å². The minimum absolute atomic E-state index is 0.118. The first kappa shape index (κ1) is 24.9. The van der Waals surface area contributed by atoms with E-state index in [4.69, 9.17) is 0 Å². The standard InChI is InChI=1S/C41H33N/c1-26-12-8-9-23-42-37-20-11-19-30(38(26)37)29-14-10-13-27(24-29)28-21-22-35-36(25-28)41(2,3)40-34-18-7-5-16-32(34)31-15-4-6-17-33(31)39(35)40/h4-8,10-22,24-25,42H,1,9,23H2,2-3H3/b12-8-. The molecule has 1 aliphatic heterocycles. The lowest BCUT2D eigenvalue weighted by molar-refractivity contribution is 0.667. The fraction of sp³-hybridized carbons (Fsp3) is 0.122. The molecule has 0 saturated carbocycles. The van der Waals surface area contributed by atoms with Crippen molar-refractivity contribution in [3.8, 4) is 33.4 Å². The highest BCUT2D eigenvalue weighted by molar-refractivity contribution is 6.18. The van der Waals surface area contributed by atoms with Crippen LogP contribution in [-0.2, 0) is 5.41 Å². The molecule has 0 fully saturated rings. The van der Waals surface area contributed by atoms with Crippen LogP contribution in [0.2, 0.25) is 0 Å². The van der Waals surface area contributed by atoms with Gasteiger partial charge in [-0.25, -0.2) is 0 Å². The highest BCUT2D eigenvalue weighted by Gasteiger charge is 2.38. The summed E-state index contributed by atoms with van der Waals surface area (Å²) in [5.74, 6) is 0. The van der Waals surface area contributed by atoms with Gasteiger partial charge in [0.1, 0.15) is 0 Å². The summed E-state index contributed by atoms with van der Waals surface area (Å²) >= 11 is 0. The van der Waals surface area contributed by atoms with Crippen LogP contribution in [0, 0.1) is 0 Å². The molecule has 1 heterocycles. The normalized spacial score (nSPS) is 15.8. The highest BCUT2D eigenvalue weighted by atomic mass is 14.9. The molecule has 0 amide bonds. The smallest absolute Gasteiger partial charge is 0.0426 e. The van der Waals surface area contributed by atoms with Gasteiger partial charge in [-0.15, -0.1) is 0 Å². The molecular formula is C41H33N. The first-order valence-corrected chi connectivity index (χ1v) is 14.9. The molecule has 42 heavy (non-hydrogen) atoms. The van der Waals surface area contributed by atoms with Crippen molar-refractivity contribution in [2.75, 3.05) is 11.9 Å².